The topological polar surface area (TPSA) is 67.9 Å². The molecule has 0 aliphatic carbocycles. The zero-order valence-corrected chi connectivity index (χ0v) is 17.9. The Morgan fingerprint density at radius 3 is 2.59 bits per heavy atom. The van der Waals surface area contributed by atoms with E-state index in [1.807, 2.05) is 42.5 Å². The molecular weight excluding hydrogens is 412 g/mol. The predicted molar refractivity (Wildman–Crippen MR) is 115 cm³/mol. The van der Waals surface area contributed by atoms with Gasteiger partial charge in [-0.25, -0.2) is 0 Å². The summed E-state index contributed by atoms with van der Waals surface area (Å²) < 4.78 is 11.2. The van der Waals surface area contributed by atoms with Crippen LogP contribution in [0.5, 0.6) is 11.5 Å². The van der Waals surface area contributed by atoms with Crippen molar-refractivity contribution in [3.63, 3.8) is 0 Å². The second kappa shape index (κ2) is 10.0. The van der Waals surface area contributed by atoms with Crippen LogP contribution >= 0.6 is 23.4 Å². The molecule has 0 aromatic heterocycles. The average molecular weight is 435 g/mol. The van der Waals surface area contributed by atoms with Crippen molar-refractivity contribution in [2.45, 2.75) is 19.5 Å². The number of amides is 2. The van der Waals surface area contributed by atoms with Gasteiger partial charge in [-0.3, -0.25) is 14.5 Å². The van der Waals surface area contributed by atoms with Crippen LogP contribution < -0.4 is 14.8 Å². The van der Waals surface area contributed by atoms with Crippen LogP contribution in [0.25, 0.3) is 0 Å². The Morgan fingerprint density at radius 1 is 1.17 bits per heavy atom. The first kappa shape index (κ1) is 21.5. The van der Waals surface area contributed by atoms with Crippen LogP contribution in [-0.2, 0) is 11.3 Å². The van der Waals surface area contributed by atoms with Gasteiger partial charge in [0.25, 0.3) is 5.24 Å². The molecule has 3 rings (SSSR count). The molecule has 2 aromatic carbocycles. The summed E-state index contributed by atoms with van der Waals surface area (Å²) in [5.41, 5.74) is 2.21. The molecule has 1 aliphatic rings. The van der Waals surface area contributed by atoms with Crippen LogP contribution in [0.1, 0.15) is 24.1 Å². The largest absolute Gasteiger partial charge is 0.493 e. The molecule has 0 saturated carbocycles. The maximum absolute atomic E-state index is 11.6. The van der Waals surface area contributed by atoms with Gasteiger partial charge in [-0.15, -0.1) is 0 Å². The van der Waals surface area contributed by atoms with Gasteiger partial charge in [-0.2, -0.15) is 0 Å². The zero-order valence-electron chi connectivity index (χ0n) is 16.3. The van der Waals surface area contributed by atoms with Gasteiger partial charge in [-0.05, 0) is 42.3 Å². The normalized spacial score (nSPS) is 14.9. The van der Waals surface area contributed by atoms with Gasteiger partial charge < -0.3 is 14.8 Å². The molecule has 0 spiro atoms. The molecule has 6 nitrogen and oxygen atoms in total. The predicted octanol–water partition coefficient (Wildman–Crippen LogP) is 4.27. The minimum atomic E-state index is -0.221. The van der Waals surface area contributed by atoms with Crippen molar-refractivity contribution >= 4 is 34.5 Å². The number of carbonyl (C=O) groups excluding carboxylic acids is 2. The molecule has 29 heavy (non-hydrogen) atoms. The summed E-state index contributed by atoms with van der Waals surface area (Å²) in [5, 5.41) is 3.97. The summed E-state index contributed by atoms with van der Waals surface area (Å²) in [7, 11) is 1.58. The summed E-state index contributed by atoms with van der Waals surface area (Å²) in [5.74, 6) is 1.22. The highest BCUT2D eigenvalue weighted by Crippen LogP contribution is 2.29. The molecule has 1 heterocycles. The molecule has 1 atom stereocenters. The fraction of sp³-hybridized carbons (Fsp3) is 0.333. The number of ether oxygens (including phenoxy) is 2. The number of imide groups is 1. The van der Waals surface area contributed by atoms with Gasteiger partial charge in [0.2, 0.25) is 5.91 Å². The molecule has 2 amide bonds. The minimum Gasteiger partial charge on any atom is -0.493 e. The van der Waals surface area contributed by atoms with Crippen molar-refractivity contribution < 1.29 is 19.1 Å². The smallest absolute Gasteiger partial charge is 0.288 e. The van der Waals surface area contributed by atoms with Crippen molar-refractivity contribution in [3.05, 3.63) is 58.6 Å². The van der Waals surface area contributed by atoms with Crippen LogP contribution in [-0.4, -0.2) is 42.1 Å². The van der Waals surface area contributed by atoms with Crippen molar-refractivity contribution in [1.82, 2.24) is 10.2 Å². The Kier molecular flexibility index (Phi) is 7.41. The second-order valence-electron chi connectivity index (χ2n) is 6.59. The fourth-order valence-electron chi connectivity index (χ4n) is 2.93. The molecule has 8 heteroatoms. The van der Waals surface area contributed by atoms with Crippen molar-refractivity contribution in [1.29, 1.82) is 0 Å². The molecular formula is C21H23ClN2O4S. The van der Waals surface area contributed by atoms with Crippen LogP contribution in [0, 0.1) is 0 Å². The number of hydrogen-bond acceptors (Lipinski definition) is 6. The number of nitrogens with zero attached hydrogens (tertiary/aromatic N) is 1. The molecule has 1 fully saturated rings. The first-order valence-electron chi connectivity index (χ1n) is 9.23. The number of methoxy groups -OCH3 is 1. The quantitative estimate of drug-likeness (QED) is 0.635. The lowest BCUT2D eigenvalue weighted by Gasteiger charge is -2.17. The van der Waals surface area contributed by atoms with E-state index in [1.54, 1.807) is 7.11 Å². The third-order valence-electron chi connectivity index (χ3n) is 4.62. The van der Waals surface area contributed by atoms with Crippen LogP contribution in [0.15, 0.2) is 42.5 Å². The Bertz CT molecular complexity index is 859. The van der Waals surface area contributed by atoms with E-state index in [4.69, 9.17) is 21.1 Å². The third-order valence-corrected chi connectivity index (χ3v) is 5.73. The van der Waals surface area contributed by atoms with E-state index >= 15 is 0 Å². The van der Waals surface area contributed by atoms with Crippen molar-refractivity contribution in [2.24, 2.45) is 0 Å². The first-order chi connectivity index (χ1) is 14.0. The van der Waals surface area contributed by atoms with E-state index in [2.05, 4.69) is 12.2 Å². The van der Waals surface area contributed by atoms with E-state index in [-0.39, 0.29) is 36.1 Å². The highest BCUT2D eigenvalue weighted by molar-refractivity contribution is 8.14. The van der Waals surface area contributed by atoms with Gasteiger partial charge in [0.05, 0.1) is 19.4 Å². The van der Waals surface area contributed by atoms with Crippen LogP contribution in [0.3, 0.4) is 0 Å². The number of benzene rings is 2. The summed E-state index contributed by atoms with van der Waals surface area (Å²) in [4.78, 5) is 24.5. The Morgan fingerprint density at radius 2 is 1.93 bits per heavy atom. The highest BCUT2D eigenvalue weighted by atomic mass is 35.5. The molecule has 0 bridgehead atoms. The second-order valence-corrected chi connectivity index (χ2v) is 7.95. The monoisotopic (exact) mass is 434 g/mol. The number of rotatable bonds is 9. The fourth-order valence-corrected chi connectivity index (χ4v) is 3.80. The lowest BCUT2D eigenvalue weighted by molar-refractivity contribution is -0.124. The first-order valence-corrected chi connectivity index (χ1v) is 10.6. The van der Waals surface area contributed by atoms with E-state index in [9.17, 15) is 9.59 Å². The molecule has 2 aromatic rings. The number of halogens is 1. The molecule has 1 aliphatic heterocycles. The highest BCUT2D eigenvalue weighted by Gasteiger charge is 2.29. The summed E-state index contributed by atoms with van der Waals surface area (Å²) in [6.45, 7) is 3.21. The lowest BCUT2D eigenvalue weighted by atomic mass is 10.1. The number of thioether (sulfide) groups is 1. The SMILES string of the molecule is COc1cc(CN[C@@H](C)c2ccc(Cl)cc2)ccc1OCCN1C(=O)CSC1=O. The summed E-state index contributed by atoms with van der Waals surface area (Å²) >= 11 is 6.96. The van der Waals surface area contributed by atoms with Gasteiger partial charge in [-0.1, -0.05) is 41.6 Å². The molecule has 0 radical (unpaired) electrons. The summed E-state index contributed by atoms with van der Waals surface area (Å²) in [6, 6.07) is 13.7. The van der Waals surface area contributed by atoms with Gasteiger partial charge in [0.1, 0.15) is 6.61 Å². The van der Waals surface area contributed by atoms with E-state index < -0.39 is 0 Å². The number of hydrogen-bond donors (Lipinski definition) is 1. The number of carbonyl (C=O) groups is 2. The summed E-state index contributed by atoms with van der Waals surface area (Å²) in [6.07, 6.45) is 0. The molecule has 0 unspecified atom stereocenters. The number of nitrogens with one attached hydrogen (secondary N) is 1. The van der Waals surface area contributed by atoms with Gasteiger partial charge in [0.15, 0.2) is 11.5 Å². The van der Waals surface area contributed by atoms with E-state index in [0.29, 0.717) is 18.0 Å². The molecule has 154 valence electrons. The average Bonchev–Trinajstić information content (AvgIpc) is 3.05. The molecule has 1 N–H and O–H groups in total. The zero-order chi connectivity index (χ0) is 20.8. The Labute approximate surface area is 179 Å². The Hall–Kier alpha value is -2.22. The minimum absolute atomic E-state index is 0.169. The van der Waals surface area contributed by atoms with Gasteiger partial charge in [0, 0.05) is 17.6 Å². The van der Waals surface area contributed by atoms with Crippen LogP contribution in [0.4, 0.5) is 4.79 Å². The third kappa shape index (κ3) is 5.65. The van der Waals surface area contributed by atoms with E-state index in [0.717, 1.165) is 27.9 Å². The van der Waals surface area contributed by atoms with Crippen molar-refractivity contribution in [2.75, 3.05) is 26.0 Å². The Balaban J connectivity index is 1.54. The lowest BCUT2D eigenvalue weighted by Crippen LogP contribution is -2.32. The molecule has 1 saturated heterocycles. The van der Waals surface area contributed by atoms with E-state index in [1.165, 1.54) is 4.90 Å². The van der Waals surface area contributed by atoms with Crippen LogP contribution in [0.2, 0.25) is 5.02 Å². The maximum atomic E-state index is 11.6. The standard InChI is InChI=1S/C21H23ClN2O4S/c1-14(16-4-6-17(22)7-5-16)23-12-15-3-8-18(19(11-15)27-2)28-10-9-24-20(25)13-29-21(24)26/h3-8,11,14,23H,9-10,12-13H2,1-2H3/t14-/m0/s1. The van der Waals surface area contributed by atoms with Gasteiger partial charge >= 0.3 is 0 Å². The maximum Gasteiger partial charge on any atom is 0.288 e. The van der Waals surface area contributed by atoms with Crippen molar-refractivity contribution in [3.8, 4) is 11.5 Å².